The van der Waals surface area contributed by atoms with Crippen molar-refractivity contribution in [3.8, 4) is 6.07 Å². The number of hydrogen-bond donors (Lipinski definition) is 0. The molecule has 0 aliphatic carbocycles. The molecule has 120 valence electrons. The molecule has 0 unspecified atom stereocenters. The van der Waals surface area contributed by atoms with Gasteiger partial charge in [0.1, 0.15) is 11.9 Å². The van der Waals surface area contributed by atoms with Gasteiger partial charge in [0, 0.05) is 13.5 Å². The van der Waals surface area contributed by atoms with Gasteiger partial charge in [-0.1, -0.05) is 12.1 Å². The van der Waals surface area contributed by atoms with Crippen LogP contribution in [0.3, 0.4) is 0 Å². The first-order valence-electron chi connectivity index (χ1n) is 7.32. The van der Waals surface area contributed by atoms with E-state index in [4.69, 9.17) is 19.1 Å². The fourth-order valence-corrected chi connectivity index (χ4v) is 4.56. The second-order valence-electron chi connectivity index (χ2n) is 4.97. The first-order valence-corrected chi connectivity index (χ1v) is 8.93. The topological polar surface area (TPSA) is 71.8 Å². The number of nitriles is 1. The van der Waals surface area contributed by atoms with E-state index in [1.165, 1.54) is 0 Å². The Morgan fingerprint density at radius 3 is 2.41 bits per heavy atom. The van der Waals surface area contributed by atoms with E-state index >= 15 is 0 Å². The third kappa shape index (κ3) is 3.57. The van der Waals surface area contributed by atoms with E-state index in [9.17, 15) is 4.57 Å². The Morgan fingerprint density at radius 1 is 1.32 bits per heavy atom. The maximum Gasteiger partial charge on any atom is 0.350 e. The average molecular weight is 324 g/mol. The molecule has 7 heteroatoms. The zero-order chi connectivity index (χ0) is 16.2. The molecule has 22 heavy (non-hydrogen) atoms. The summed E-state index contributed by atoms with van der Waals surface area (Å²) in [6.07, 6.45) is 0.289. The quantitative estimate of drug-likeness (QED) is 0.746. The van der Waals surface area contributed by atoms with Crippen molar-refractivity contribution in [2.45, 2.75) is 32.2 Å². The van der Waals surface area contributed by atoms with E-state index < -0.39 is 13.4 Å². The Balaban J connectivity index is 2.17. The normalized spacial score (nSPS) is 22.6. The van der Waals surface area contributed by atoms with Crippen molar-refractivity contribution < 1.29 is 18.5 Å². The molecule has 1 fully saturated rings. The summed E-state index contributed by atoms with van der Waals surface area (Å²) >= 11 is 0. The van der Waals surface area contributed by atoms with E-state index in [2.05, 4.69) is 6.07 Å². The van der Waals surface area contributed by atoms with Crippen LogP contribution in [0, 0.1) is 11.3 Å². The fraction of sp³-hybridized carbons (Fsp3) is 0.533. The molecule has 1 aromatic rings. The molecule has 2 atom stereocenters. The summed E-state index contributed by atoms with van der Waals surface area (Å²) in [5, 5.41) is 10.4. The Hall–Kier alpha value is -1.22. The van der Waals surface area contributed by atoms with Crippen molar-refractivity contribution >= 4 is 7.60 Å². The molecule has 0 radical (unpaired) electrons. The fourth-order valence-electron chi connectivity index (χ4n) is 2.52. The molecule has 6 nitrogen and oxygen atoms in total. The molecule has 1 aliphatic rings. The molecule has 1 saturated heterocycles. The van der Waals surface area contributed by atoms with Gasteiger partial charge in [-0.05, 0) is 31.5 Å². The lowest BCUT2D eigenvalue weighted by Crippen LogP contribution is -2.25. The highest BCUT2D eigenvalue weighted by atomic mass is 31.2. The summed E-state index contributed by atoms with van der Waals surface area (Å²) in [4.78, 5) is 5.79. The van der Waals surface area contributed by atoms with Crippen LogP contribution in [0.25, 0.3) is 0 Å². The minimum atomic E-state index is -3.25. The molecule has 0 amide bonds. The van der Waals surface area contributed by atoms with E-state index in [-0.39, 0.29) is 6.10 Å². The van der Waals surface area contributed by atoms with E-state index in [1.54, 1.807) is 38.1 Å². The van der Waals surface area contributed by atoms with Crippen LogP contribution in [0.1, 0.15) is 37.5 Å². The van der Waals surface area contributed by atoms with Crippen LogP contribution in [-0.2, 0) is 18.5 Å². The minimum absolute atomic E-state index is 0.225. The summed E-state index contributed by atoms with van der Waals surface area (Å²) in [6, 6.07) is 9.28. The Morgan fingerprint density at radius 2 is 1.91 bits per heavy atom. The zero-order valence-electron chi connectivity index (χ0n) is 13.1. The molecule has 0 saturated carbocycles. The van der Waals surface area contributed by atoms with Crippen molar-refractivity contribution in [3.05, 3.63) is 35.4 Å². The van der Waals surface area contributed by atoms with Gasteiger partial charge in [0.2, 0.25) is 0 Å². The van der Waals surface area contributed by atoms with Crippen molar-refractivity contribution in [2.75, 3.05) is 20.3 Å². The number of benzene rings is 1. The number of nitrogens with zero attached hydrogens (tertiary/aromatic N) is 2. The third-order valence-electron chi connectivity index (χ3n) is 3.53. The van der Waals surface area contributed by atoms with Crippen molar-refractivity contribution in [1.29, 1.82) is 5.26 Å². The van der Waals surface area contributed by atoms with Crippen LogP contribution < -0.4 is 0 Å². The van der Waals surface area contributed by atoms with Crippen LogP contribution in [0.2, 0.25) is 0 Å². The largest absolute Gasteiger partial charge is 0.350 e. The number of hydroxylamine groups is 2. The van der Waals surface area contributed by atoms with Crippen LogP contribution in [0.4, 0.5) is 0 Å². The van der Waals surface area contributed by atoms with E-state index in [0.717, 1.165) is 5.56 Å². The van der Waals surface area contributed by atoms with Crippen LogP contribution in [-0.4, -0.2) is 31.1 Å². The van der Waals surface area contributed by atoms with Gasteiger partial charge in [0.25, 0.3) is 0 Å². The van der Waals surface area contributed by atoms with Gasteiger partial charge in [-0.2, -0.15) is 10.3 Å². The SMILES string of the molecule is CCOP(=O)(OCC)[C@H]1C[C@H](c2ccc(C#N)cc2)ON1C. The van der Waals surface area contributed by atoms with E-state index in [1.807, 2.05) is 12.1 Å². The lowest BCUT2D eigenvalue weighted by Gasteiger charge is -2.25. The van der Waals surface area contributed by atoms with Crippen molar-refractivity contribution in [2.24, 2.45) is 0 Å². The summed E-state index contributed by atoms with van der Waals surface area (Å²) in [7, 11) is -1.51. The van der Waals surface area contributed by atoms with Gasteiger partial charge in [0.15, 0.2) is 0 Å². The predicted octanol–water partition coefficient (Wildman–Crippen LogP) is 3.46. The highest BCUT2D eigenvalue weighted by molar-refractivity contribution is 7.54. The predicted molar refractivity (Wildman–Crippen MR) is 82.0 cm³/mol. The van der Waals surface area contributed by atoms with Gasteiger partial charge in [-0.15, -0.1) is 0 Å². The Kier molecular flexibility index (Phi) is 5.74. The van der Waals surface area contributed by atoms with Gasteiger partial charge < -0.3 is 9.05 Å². The first kappa shape index (κ1) is 17.1. The lowest BCUT2D eigenvalue weighted by atomic mass is 10.1. The van der Waals surface area contributed by atoms with Crippen molar-refractivity contribution in [1.82, 2.24) is 5.06 Å². The van der Waals surface area contributed by atoms with E-state index in [0.29, 0.717) is 25.2 Å². The summed E-state index contributed by atoms with van der Waals surface area (Å²) in [5.74, 6) is -0.437. The summed E-state index contributed by atoms with van der Waals surface area (Å²) < 4.78 is 23.7. The third-order valence-corrected chi connectivity index (χ3v) is 6.04. The summed E-state index contributed by atoms with van der Waals surface area (Å²) in [6.45, 7) is 4.23. The van der Waals surface area contributed by atoms with Crippen LogP contribution in [0.15, 0.2) is 24.3 Å². The average Bonchev–Trinajstić information content (AvgIpc) is 2.90. The number of rotatable bonds is 6. The monoisotopic (exact) mass is 324 g/mol. The molecule has 2 rings (SSSR count). The molecule has 0 aromatic heterocycles. The highest BCUT2D eigenvalue weighted by Gasteiger charge is 2.46. The van der Waals surface area contributed by atoms with Gasteiger partial charge in [-0.3, -0.25) is 9.40 Å². The Labute approximate surface area is 131 Å². The molecule has 1 aromatic carbocycles. The molecular formula is C15H21N2O4P. The molecule has 0 N–H and O–H groups in total. The second-order valence-corrected chi connectivity index (χ2v) is 7.16. The highest BCUT2D eigenvalue weighted by Crippen LogP contribution is 2.59. The molecule has 1 heterocycles. The maximum atomic E-state index is 12.9. The second kappa shape index (κ2) is 7.36. The van der Waals surface area contributed by atoms with Gasteiger partial charge in [0.05, 0.1) is 24.8 Å². The molecule has 0 spiro atoms. The van der Waals surface area contributed by atoms with Crippen LogP contribution in [0.5, 0.6) is 0 Å². The molecular weight excluding hydrogens is 303 g/mol. The van der Waals surface area contributed by atoms with Crippen molar-refractivity contribution in [3.63, 3.8) is 0 Å². The van der Waals surface area contributed by atoms with Gasteiger partial charge in [-0.25, -0.2) is 0 Å². The lowest BCUT2D eigenvalue weighted by molar-refractivity contribution is -0.137. The standard InChI is InChI=1S/C15H21N2O4P/c1-4-19-22(18,20-5-2)15-10-14(21-17(15)3)13-8-6-12(11-16)7-9-13/h6-9,14-15H,4-5,10H2,1-3H3/t14-,15+/m1/s1. The molecule has 0 bridgehead atoms. The Bertz CT molecular complexity index is 574. The zero-order valence-corrected chi connectivity index (χ0v) is 14.0. The smallest absolute Gasteiger partial charge is 0.308 e. The maximum absolute atomic E-state index is 12.9. The number of hydrogen-bond acceptors (Lipinski definition) is 6. The minimum Gasteiger partial charge on any atom is -0.308 e. The first-order chi connectivity index (χ1) is 10.5. The molecule has 1 aliphatic heterocycles. The summed E-state index contributed by atoms with van der Waals surface area (Å²) in [5.41, 5.74) is 1.54. The van der Waals surface area contributed by atoms with Gasteiger partial charge >= 0.3 is 7.60 Å². The van der Waals surface area contributed by atoms with Crippen LogP contribution >= 0.6 is 7.60 Å².